The zero-order valence-corrected chi connectivity index (χ0v) is 14.9. The summed E-state index contributed by atoms with van der Waals surface area (Å²) in [6.07, 6.45) is 6.01. The van der Waals surface area contributed by atoms with Gasteiger partial charge in [-0.2, -0.15) is 0 Å². The molecule has 1 heterocycles. The molecule has 4 nitrogen and oxygen atoms in total. The molecule has 0 saturated carbocycles. The van der Waals surface area contributed by atoms with Gasteiger partial charge in [0.2, 0.25) is 0 Å². The van der Waals surface area contributed by atoms with Gasteiger partial charge in [0.05, 0.1) is 19.8 Å². The Labute approximate surface area is 140 Å². The Kier molecular flexibility index (Phi) is 7.18. The predicted octanol–water partition coefficient (Wildman–Crippen LogP) is 3.75. The third kappa shape index (κ3) is 4.61. The van der Waals surface area contributed by atoms with E-state index in [9.17, 15) is 0 Å². The molecular formula is C19H32N2O2. The first kappa shape index (κ1) is 18.1. The number of likely N-dealkylation sites (tertiary alicyclic amines) is 1. The number of hydrogen-bond donors (Lipinski definition) is 1. The van der Waals surface area contributed by atoms with E-state index in [-0.39, 0.29) is 6.04 Å². The first-order chi connectivity index (χ1) is 11.2. The van der Waals surface area contributed by atoms with Crippen LogP contribution in [0.3, 0.4) is 0 Å². The third-order valence-electron chi connectivity index (χ3n) is 4.81. The van der Waals surface area contributed by atoms with E-state index in [2.05, 4.69) is 24.8 Å². The summed E-state index contributed by atoms with van der Waals surface area (Å²) < 4.78 is 11.4. The third-order valence-corrected chi connectivity index (χ3v) is 4.81. The Morgan fingerprint density at radius 1 is 1.35 bits per heavy atom. The second-order valence-corrected chi connectivity index (χ2v) is 6.44. The molecule has 2 N–H and O–H groups in total. The van der Waals surface area contributed by atoms with Gasteiger partial charge in [0, 0.05) is 24.2 Å². The van der Waals surface area contributed by atoms with Crippen LogP contribution < -0.4 is 15.2 Å². The number of nitrogens with zero attached hydrogens (tertiary/aromatic N) is 1. The molecule has 2 rings (SSSR count). The van der Waals surface area contributed by atoms with Crippen LogP contribution in [0.2, 0.25) is 0 Å². The van der Waals surface area contributed by atoms with Gasteiger partial charge in [0.15, 0.2) is 0 Å². The van der Waals surface area contributed by atoms with Crippen molar-refractivity contribution < 1.29 is 9.47 Å². The first-order valence-corrected chi connectivity index (χ1v) is 8.97. The van der Waals surface area contributed by atoms with E-state index in [0.29, 0.717) is 12.6 Å². The monoisotopic (exact) mass is 320 g/mol. The highest BCUT2D eigenvalue weighted by atomic mass is 16.5. The SMILES string of the molecule is CCCCOc1cc(OC)ccc1C(CN)N1CCCCC1C. The summed E-state index contributed by atoms with van der Waals surface area (Å²) in [5, 5.41) is 0. The van der Waals surface area contributed by atoms with E-state index in [1.807, 2.05) is 12.1 Å². The van der Waals surface area contributed by atoms with Gasteiger partial charge >= 0.3 is 0 Å². The highest BCUT2D eigenvalue weighted by molar-refractivity contribution is 5.43. The molecule has 0 bridgehead atoms. The van der Waals surface area contributed by atoms with Crippen LogP contribution >= 0.6 is 0 Å². The molecule has 4 heteroatoms. The fourth-order valence-electron chi connectivity index (χ4n) is 3.39. The number of benzene rings is 1. The average molecular weight is 320 g/mol. The van der Waals surface area contributed by atoms with Crippen molar-refractivity contribution in [2.75, 3.05) is 26.8 Å². The molecule has 0 radical (unpaired) electrons. The maximum Gasteiger partial charge on any atom is 0.127 e. The predicted molar refractivity (Wildman–Crippen MR) is 95.2 cm³/mol. The van der Waals surface area contributed by atoms with E-state index in [1.165, 1.54) is 24.8 Å². The average Bonchev–Trinajstić information content (AvgIpc) is 2.58. The van der Waals surface area contributed by atoms with E-state index in [1.54, 1.807) is 7.11 Å². The van der Waals surface area contributed by atoms with Gasteiger partial charge in [-0.1, -0.05) is 25.8 Å². The molecule has 0 aliphatic carbocycles. The van der Waals surface area contributed by atoms with Crippen molar-refractivity contribution in [3.63, 3.8) is 0 Å². The summed E-state index contributed by atoms with van der Waals surface area (Å²) in [5.41, 5.74) is 7.36. The summed E-state index contributed by atoms with van der Waals surface area (Å²) in [4.78, 5) is 2.54. The van der Waals surface area contributed by atoms with Gasteiger partial charge < -0.3 is 15.2 Å². The van der Waals surface area contributed by atoms with Crippen molar-refractivity contribution in [3.05, 3.63) is 23.8 Å². The van der Waals surface area contributed by atoms with Gasteiger partial charge in [-0.15, -0.1) is 0 Å². The highest BCUT2D eigenvalue weighted by Crippen LogP contribution is 2.35. The van der Waals surface area contributed by atoms with Crippen LogP contribution in [0.5, 0.6) is 11.5 Å². The fraction of sp³-hybridized carbons (Fsp3) is 0.684. The minimum atomic E-state index is 0.216. The molecule has 1 aliphatic rings. The van der Waals surface area contributed by atoms with Crippen LogP contribution in [0, 0.1) is 0 Å². The summed E-state index contributed by atoms with van der Waals surface area (Å²) in [6, 6.07) is 6.93. The van der Waals surface area contributed by atoms with Gasteiger partial charge in [0.1, 0.15) is 11.5 Å². The first-order valence-electron chi connectivity index (χ1n) is 8.97. The zero-order valence-electron chi connectivity index (χ0n) is 14.9. The van der Waals surface area contributed by atoms with Gasteiger partial charge in [-0.05, 0) is 38.8 Å². The molecule has 130 valence electrons. The zero-order chi connectivity index (χ0) is 16.7. The number of hydrogen-bond acceptors (Lipinski definition) is 4. The van der Waals surface area contributed by atoms with Crippen LogP contribution in [-0.4, -0.2) is 37.7 Å². The van der Waals surface area contributed by atoms with Crippen molar-refractivity contribution in [1.29, 1.82) is 0 Å². The molecule has 1 aromatic rings. The van der Waals surface area contributed by atoms with Crippen LogP contribution in [-0.2, 0) is 0 Å². The molecule has 0 amide bonds. The van der Waals surface area contributed by atoms with Gasteiger partial charge in [0.25, 0.3) is 0 Å². The van der Waals surface area contributed by atoms with Crippen molar-refractivity contribution in [1.82, 2.24) is 4.90 Å². The molecule has 23 heavy (non-hydrogen) atoms. The standard InChI is InChI=1S/C19H32N2O2/c1-4-5-12-23-19-13-16(22-3)9-10-17(19)18(14-20)21-11-7-6-8-15(21)2/h9-10,13,15,18H,4-8,11-12,14,20H2,1-3H3. The smallest absolute Gasteiger partial charge is 0.127 e. The number of rotatable bonds is 8. The second-order valence-electron chi connectivity index (χ2n) is 6.44. The summed E-state index contributed by atoms with van der Waals surface area (Å²) in [5.74, 6) is 1.76. The van der Waals surface area contributed by atoms with E-state index < -0.39 is 0 Å². The lowest BCUT2D eigenvalue weighted by atomic mass is 9.96. The Bertz CT molecular complexity index is 478. The van der Waals surface area contributed by atoms with Crippen LogP contribution in [0.25, 0.3) is 0 Å². The molecule has 0 aromatic heterocycles. The Morgan fingerprint density at radius 3 is 2.83 bits per heavy atom. The summed E-state index contributed by atoms with van der Waals surface area (Å²) in [6.45, 7) is 6.95. The number of piperidine rings is 1. The van der Waals surface area contributed by atoms with Crippen molar-refractivity contribution >= 4 is 0 Å². The minimum absolute atomic E-state index is 0.216. The fourth-order valence-corrected chi connectivity index (χ4v) is 3.39. The van der Waals surface area contributed by atoms with Gasteiger partial charge in [-0.25, -0.2) is 0 Å². The molecule has 1 aromatic carbocycles. The number of methoxy groups -OCH3 is 1. The van der Waals surface area contributed by atoms with Crippen molar-refractivity contribution in [2.45, 2.75) is 58.0 Å². The van der Waals surface area contributed by atoms with Crippen LogP contribution in [0.15, 0.2) is 18.2 Å². The lowest BCUT2D eigenvalue weighted by Gasteiger charge is -2.40. The summed E-state index contributed by atoms with van der Waals surface area (Å²) in [7, 11) is 1.69. The maximum atomic E-state index is 6.16. The Balaban J connectivity index is 2.26. The van der Waals surface area contributed by atoms with E-state index in [4.69, 9.17) is 15.2 Å². The lowest BCUT2D eigenvalue weighted by molar-refractivity contribution is 0.106. The van der Waals surface area contributed by atoms with Crippen LogP contribution in [0.4, 0.5) is 0 Å². The topological polar surface area (TPSA) is 47.7 Å². The normalized spacial score (nSPS) is 20.3. The van der Waals surface area contributed by atoms with Gasteiger partial charge in [-0.3, -0.25) is 4.90 Å². The lowest BCUT2D eigenvalue weighted by Crippen LogP contribution is -2.43. The molecule has 2 unspecified atom stereocenters. The largest absolute Gasteiger partial charge is 0.497 e. The van der Waals surface area contributed by atoms with E-state index in [0.717, 1.165) is 37.5 Å². The highest BCUT2D eigenvalue weighted by Gasteiger charge is 2.28. The van der Waals surface area contributed by atoms with Crippen LogP contribution in [0.1, 0.15) is 57.6 Å². The number of ether oxygens (including phenoxy) is 2. The quantitative estimate of drug-likeness (QED) is 0.741. The molecular weight excluding hydrogens is 288 g/mol. The molecule has 1 saturated heterocycles. The molecule has 1 fully saturated rings. The Morgan fingerprint density at radius 2 is 2.17 bits per heavy atom. The summed E-state index contributed by atoms with van der Waals surface area (Å²) >= 11 is 0. The van der Waals surface area contributed by atoms with E-state index >= 15 is 0 Å². The van der Waals surface area contributed by atoms with Crippen molar-refractivity contribution in [3.8, 4) is 11.5 Å². The Hall–Kier alpha value is -1.26. The molecule has 1 aliphatic heterocycles. The number of nitrogens with two attached hydrogens (primary N) is 1. The molecule has 2 atom stereocenters. The number of unbranched alkanes of at least 4 members (excludes halogenated alkanes) is 1. The molecule has 0 spiro atoms. The minimum Gasteiger partial charge on any atom is -0.497 e. The van der Waals surface area contributed by atoms with Crippen molar-refractivity contribution in [2.24, 2.45) is 5.73 Å². The second kappa shape index (κ2) is 9.14. The maximum absolute atomic E-state index is 6.16.